The van der Waals surface area contributed by atoms with Crippen molar-refractivity contribution in [1.82, 2.24) is 10.2 Å². The first-order valence-electron chi connectivity index (χ1n) is 7.88. The molecule has 2 heterocycles. The van der Waals surface area contributed by atoms with Gasteiger partial charge in [0, 0.05) is 19.2 Å². The number of amides is 2. The molecule has 1 aliphatic heterocycles. The highest BCUT2D eigenvalue weighted by atomic mass is 16.5. The Labute approximate surface area is 141 Å². The summed E-state index contributed by atoms with van der Waals surface area (Å²) in [7, 11) is 1.49. The zero-order valence-electron chi connectivity index (χ0n) is 13.8. The fourth-order valence-corrected chi connectivity index (χ4v) is 2.44. The summed E-state index contributed by atoms with van der Waals surface area (Å²) >= 11 is 0. The second kappa shape index (κ2) is 8.76. The van der Waals surface area contributed by atoms with Crippen molar-refractivity contribution in [1.29, 1.82) is 0 Å². The Hall–Kier alpha value is -2.76. The van der Waals surface area contributed by atoms with Crippen LogP contribution in [0.2, 0.25) is 0 Å². The number of nitrogens with zero attached hydrogens (tertiary/aromatic N) is 1. The van der Waals surface area contributed by atoms with Crippen LogP contribution in [-0.4, -0.2) is 36.9 Å². The van der Waals surface area contributed by atoms with E-state index in [1.54, 1.807) is 23.1 Å². The van der Waals surface area contributed by atoms with Gasteiger partial charge in [0.2, 0.25) is 0 Å². The summed E-state index contributed by atoms with van der Waals surface area (Å²) in [6, 6.07) is 3.15. The average molecular weight is 330 g/mol. The van der Waals surface area contributed by atoms with E-state index in [-0.39, 0.29) is 17.4 Å². The van der Waals surface area contributed by atoms with E-state index < -0.39 is 5.91 Å². The molecule has 0 aliphatic carbocycles. The number of carbonyl (C=O) groups excluding carboxylic acids is 2. The number of methoxy groups -OCH3 is 1. The lowest BCUT2D eigenvalue weighted by atomic mass is 10.1. The maximum Gasteiger partial charge on any atom is 0.291 e. The molecule has 0 unspecified atom stereocenters. The van der Waals surface area contributed by atoms with Gasteiger partial charge < -0.3 is 19.4 Å². The molecule has 128 valence electrons. The second-order valence-electron chi connectivity index (χ2n) is 5.35. The van der Waals surface area contributed by atoms with E-state index in [2.05, 4.69) is 11.9 Å². The third-order valence-corrected chi connectivity index (χ3v) is 3.67. The monoisotopic (exact) mass is 330 g/mol. The summed E-state index contributed by atoms with van der Waals surface area (Å²) in [5.41, 5.74) is 0.147. The zero-order valence-corrected chi connectivity index (χ0v) is 13.8. The van der Waals surface area contributed by atoms with Gasteiger partial charge in [-0.3, -0.25) is 9.59 Å². The normalized spacial score (nSPS) is 15.8. The minimum absolute atomic E-state index is 0.138. The zero-order chi connectivity index (χ0) is 17.4. The van der Waals surface area contributed by atoms with Crippen molar-refractivity contribution in [3.8, 4) is 0 Å². The topological polar surface area (TPSA) is 71.8 Å². The molecule has 24 heavy (non-hydrogen) atoms. The van der Waals surface area contributed by atoms with Crippen molar-refractivity contribution < 1.29 is 18.7 Å². The number of rotatable bonds is 6. The number of nitrogens with one attached hydrogen (secondary N) is 1. The number of allylic oxidation sites excluding steroid dienone is 3. The summed E-state index contributed by atoms with van der Waals surface area (Å²) in [4.78, 5) is 26.7. The van der Waals surface area contributed by atoms with E-state index in [0.29, 0.717) is 18.8 Å². The molecule has 1 fully saturated rings. The van der Waals surface area contributed by atoms with Crippen LogP contribution in [0.15, 0.2) is 59.1 Å². The van der Waals surface area contributed by atoms with Crippen molar-refractivity contribution in [2.45, 2.75) is 19.3 Å². The fraction of sp³-hybridized carbons (Fsp3) is 0.333. The first kappa shape index (κ1) is 17.6. The maximum atomic E-state index is 12.8. The number of likely N-dealkylation sites (tertiary alicyclic amines) is 1. The van der Waals surface area contributed by atoms with Gasteiger partial charge in [-0.25, -0.2) is 0 Å². The van der Waals surface area contributed by atoms with Gasteiger partial charge in [0.1, 0.15) is 11.5 Å². The molecule has 1 aliphatic rings. The van der Waals surface area contributed by atoms with E-state index in [1.165, 1.54) is 25.5 Å². The molecule has 6 heteroatoms. The van der Waals surface area contributed by atoms with E-state index in [4.69, 9.17) is 9.15 Å². The standard InChI is InChI=1S/C18H22N2O4/c1-3-8-14(23-2)13-15(18(22)20-10-5-4-6-11-20)19-17(21)16-9-7-12-24-16/h3,7-9,12-13H,1,4-6,10-11H2,2H3,(H,19,21)/b14-8-,15-13-. The molecule has 6 nitrogen and oxygen atoms in total. The molecule has 1 N–H and O–H groups in total. The Morgan fingerprint density at radius 3 is 2.67 bits per heavy atom. The third kappa shape index (κ3) is 4.62. The first-order chi connectivity index (χ1) is 11.7. The van der Waals surface area contributed by atoms with Gasteiger partial charge in [-0.1, -0.05) is 12.7 Å². The Balaban J connectivity index is 2.24. The first-order valence-corrected chi connectivity index (χ1v) is 7.88. The van der Waals surface area contributed by atoms with Crippen LogP contribution in [0, 0.1) is 0 Å². The van der Waals surface area contributed by atoms with Crippen molar-refractivity contribution >= 4 is 11.8 Å². The molecular formula is C18H22N2O4. The van der Waals surface area contributed by atoms with E-state index in [0.717, 1.165) is 19.3 Å². The molecule has 0 saturated carbocycles. The van der Waals surface area contributed by atoms with E-state index in [1.807, 2.05) is 0 Å². The lowest BCUT2D eigenvalue weighted by Crippen LogP contribution is -2.41. The summed E-state index contributed by atoms with van der Waals surface area (Å²) in [5.74, 6) is -0.156. The molecule has 1 aromatic heterocycles. The van der Waals surface area contributed by atoms with Gasteiger partial charge in [-0.2, -0.15) is 0 Å². The smallest absolute Gasteiger partial charge is 0.291 e. The number of ether oxygens (including phenoxy) is 1. The second-order valence-corrected chi connectivity index (χ2v) is 5.35. The highest BCUT2D eigenvalue weighted by Crippen LogP contribution is 2.13. The van der Waals surface area contributed by atoms with Gasteiger partial charge >= 0.3 is 0 Å². The van der Waals surface area contributed by atoms with Gasteiger partial charge in [-0.15, -0.1) is 0 Å². The van der Waals surface area contributed by atoms with Crippen LogP contribution in [0.3, 0.4) is 0 Å². The number of furan rings is 1. The van der Waals surface area contributed by atoms with Crippen molar-refractivity contribution in [2.75, 3.05) is 20.2 Å². The Kier molecular flexibility index (Phi) is 6.42. The molecule has 0 bridgehead atoms. The quantitative estimate of drug-likeness (QED) is 0.494. The maximum absolute atomic E-state index is 12.8. The lowest BCUT2D eigenvalue weighted by molar-refractivity contribution is -0.128. The summed E-state index contributed by atoms with van der Waals surface area (Å²) in [6.45, 7) is 4.97. The number of carbonyl (C=O) groups is 2. The molecule has 1 saturated heterocycles. The van der Waals surface area contributed by atoms with E-state index >= 15 is 0 Å². The van der Waals surface area contributed by atoms with Crippen LogP contribution in [0.4, 0.5) is 0 Å². The van der Waals surface area contributed by atoms with Crippen LogP contribution in [-0.2, 0) is 9.53 Å². The van der Waals surface area contributed by atoms with Crippen LogP contribution in [0.5, 0.6) is 0 Å². The molecule has 2 rings (SSSR count). The summed E-state index contributed by atoms with van der Waals surface area (Å²) in [6.07, 6.45) is 9.11. The Morgan fingerprint density at radius 2 is 2.08 bits per heavy atom. The largest absolute Gasteiger partial charge is 0.497 e. The van der Waals surface area contributed by atoms with Crippen LogP contribution >= 0.6 is 0 Å². The Bertz CT molecular complexity index is 638. The van der Waals surface area contributed by atoms with Crippen molar-refractivity contribution in [3.63, 3.8) is 0 Å². The Morgan fingerprint density at radius 1 is 1.33 bits per heavy atom. The SMILES string of the molecule is C=C/C=C(/C=C(\NC(=O)c1ccco1)C(=O)N1CCCCC1)OC. The average Bonchev–Trinajstić information content (AvgIpc) is 3.15. The molecule has 0 atom stereocenters. The molecule has 0 radical (unpaired) electrons. The van der Waals surface area contributed by atoms with Crippen molar-refractivity contribution in [2.24, 2.45) is 0 Å². The molecule has 2 amide bonds. The van der Waals surface area contributed by atoms with Crippen LogP contribution in [0.1, 0.15) is 29.8 Å². The van der Waals surface area contributed by atoms with Gasteiger partial charge in [-0.05, 0) is 37.5 Å². The predicted octanol–water partition coefficient (Wildman–Crippen LogP) is 2.62. The number of hydrogen-bond donors (Lipinski definition) is 1. The fourth-order valence-electron chi connectivity index (χ4n) is 2.44. The third-order valence-electron chi connectivity index (χ3n) is 3.67. The van der Waals surface area contributed by atoms with Crippen LogP contribution in [0.25, 0.3) is 0 Å². The predicted molar refractivity (Wildman–Crippen MR) is 90.0 cm³/mol. The summed E-state index contributed by atoms with van der Waals surface area (Å²) < 4.78 is 10.3. The highest BCUT2D eigenvalue weighted by Gasteiger charge is 2.23. The number of hydrogen-bond acceptors (Lipinski definition) is 4. The van der Waals surface area contributed by atoms with Gasteiger partial charge in [0.25, 0.3) is 11.8 Å². The lowest BCUT2D eigenvalue weighted by Gasteiger charge is -2.27. The molecule has 0 aromatic carbocycles. The molecule has 1 aromatic rings. The minimum Gasteiger partial charge on any atom is -0.497 e. The number of piperidine rings is 1. The van der Waals surface area contributed by atoms with Gasteiger partial charge in [0.15, 0.2) is 5.76 Å². The molecule has 0 spiro atoms. The summed E-state index contributed by atoms with van der Waals surface area (Å²) in [5, 5.41) is 2.62. The van der Waals surface area contributed by atoms with E-state index in [9.17, 15) is 9.59 Å². The minimum atomic E-state index is -0.481. The van der Waals surface area contributed by atoms with Crippen LogP contribution < -0.4 is 5.32 Å². The highest BCUT2D eigenvalue weighted by molar-refractivity contribution is 6.01. The van der Waals surface area contributed by atoms with Gasteiger partial charge in [0.05, 0.1) is 13.4 Å². The van der Waals surface area contributed by atoms with Crippen molar-refractivity contribution in [3.05, 3.63) is 60.4 Å². The molecular weight excluding hydrogens is 308 g/mol.